The molecule has 0 saturated heterocycles. The van der Waals surface area contributed by atoms with Crippen molar-refractivity contribution in [1.82, 2.24) is 0 Å². The maximum atomic E-state index is 12.2. The zero-order valence-corrected chi connectivity index (χ0v) is 16.6. The van der Waals surface area contributed by atoms with E-state index in [1.807, 2.05) is 25.0 Å². The Bertz CT molecular complexity index is 935. The highest BCUT2D eigenvalue weighted by Crippen LogP contribution is 2.18. The lowest BCUT2D eigenvalue weighted by molar-refractivity contribution is -0.128. The number of esters is 1. The summed E-state index contributed by atoms with van der Waals surface area (Å²) in [6.45, 7) is 5.11. The van der Waals surface area contributed by atoms with Crippen molar-refractivity contribution in [2.45, 2.75) is 31.6 Å². The molecule has 0 saturated carbocycles. The van der Waals surface area contributed by atoms with Crippen LogP contribution in [0.5, 0.6) is 17.2 Å². The van der Waals surface area contributed by atoms with E-state index in [1.54, 1.807) is 36.4 Å². The van der Waals surface area contributed by atoms with E-state index < -0.39 is 15.8 Å². The summed E-state index contributed by atoms with van der Waals surface area (Å²) in [7, 11) is -3.94. The van der Waals surface area contributed by atoms with E-state index in [0.29, 0.717) is 24.7 Å². The highest BCUT2D eigenvalue weighted by molar-refractivity contribution is 7.96. The minimum Gasteiger partial charge on any atom is -0.494 e. The largest absolute Gasteiger partial charge is 0.494 e. The summed E-state index contributed by atoms with van der Waals surface area (Å²) in [5.41, 5.74) is 0. The van der Waals surface area contributed by atoms with Crippen molar-refractivity contribution in [1.29, 1.82) is 0 Å². The fourth-order valence-electron chi connectivity index (χ4n) is 2.06. The van der Waals surface area contributed by atoms with Gasteiger partial charge in [-0.1, -0.05) is 13.8 Å². The van der Waals surface area contributed by atoms with Crippen LogP contribution < -0.4 is 14.2 Å². The fraction of sp³-hybridized carbons (Fsp3) is 0.286. The number of ether oxygens (including phenoxy) is 3. The minimum atomic E-state index is -3.94. The summed E-state index contributed by atoms with van der Waals surface area (Å²) in [4.78, 5) is 11.8. The first kappa shape index (κ1) is 21.3. The average Bonchev–Trinajstić information content (AvgIpc) is 2.70. The molecule has 2 aromatic rings. The van der Waals surface area contributed by atoms with E-state index >= 15 is 0 Å². The molecule has 0 aliphatic heterocycles. The van der Waals surface area contributed by atoms with Crippen LogP contribution in [0.3, 0.4) is 0 Å². The second kappa shape index (κ2) is 10.4. The molecule has 0 fully saturated rings. The molecule has 0 amide bonds. The van der Waals surface area contributed by atoms with E-state index in [4.69, 9.17) is 14.2 Å². The lowest BCUT2D eigenvalue weighted by Gasteiger charge is -2.05. The van der Waals surface area contributed by atoms with Crippen molar-refractivity contribution in [2.24, 2.45) is 0 Å². The third kappa shape index (κ3) is 6.63. The van der Waals surface area contributed by atoms with Crippen LogP contribution in [0.1, 0.15) is 26.7 Å². The Morgan fingerprint density at radius 3 is 1.79 bits per heavy atom. The first-order valence-electron chi connectivity index (χ1n) is 8.90. The van der Waals surface area contributed by atoms with Crippen molar-refractivity contribution < 1.29 is 27.4 Å². The van der Waals surface area contributed by atoms with E-state index in [9.17, 15) is 13.2 Å². The number of carbonyl (C=O) groups excluding carboxylic acids is 1. The molecule has 148 valence electrons. The Kier molecular flexibility index (Phi) is 7.90. The van der Waals surface area contributed by atoms with Crippen molar-refractivity contribution in [3.63, 3.8) is 0 Å². The standard InChI is InChI=1S/C21H22O6S/c1-3-14-25-17-5-7-19(8-6-17)27-21(22)13-16-28(23,24)20-11-9-18(10-12-20)26-15-4-2/h5-12H,3-4,14-15H2,1-2H3. The van der Waals surface area contributed by atoms with Gasteiger partial charge in [-0.25, -0.2) is 13.2 Å². The van der Waals surface area contributed by atoms with Crippen LogP contribution in [0.15, 0.2) is 53.4 Å². The Morgan fingerprint density at radius 1 is 0.821 bits per heavy atom. The van der Waals surface area contributed by atoms with Gasteiger partial charge < -0.3 is 14.2 Å². The highest BCUT2D eigenvalue weighted by atomic mass is 32.2. The van der Waals surface area contributed by atoms with E-state index in [0.717, 1.165) is 12.8 Å². The van der Waals surface area contributed by atoms with Gasteiger partial charge in [-0.05, 0) is 61.4 Å². The molecule has 28 heavy (non-hydrogen) atoms. The molecule has 6 nitrogen and oxygen atoms in total. The molecule has 0 heterocycles. The molecule has 0 aliphatic carbocycles. The average molecular weight is 402 g/mol. The smallest absolute Gasteiger partial charge is 0.390 e. The van der Waals surface area contributed by atoms with Crippen LogP contribution in [0.25, 0.3) is 0 Å². The predicted molar refractivity (Wildman–Crippen MR) is 105 cm³/mol. The summed E-state index contributed by atoms with van der Waals surface area (Å²) in [5.74, 6) is 2.51. The summed E-state index contributed by atoms with van der Waals surface area (Å²) in [6.07, 6.45) is 1.73. The Morgan fingerprint density at radius 2 is 1.29 bits per heavy atom. The SMILES string of the molecule is CCCOc1ccc(OC(=O)C#CS(=O)(=O)c2ccc(OCCC)cc2)cc1. The van der Waals surface area contributed by atoms with Gasteiger partial charge in [0.05, 0.1) is 18.1 Å². The zero-order valence-electron chi connectivity index (χ0n) is 15.8. The van der Waals surface area contributed by atoms with Gasteiger partial charge >= 0.3 is 5.97 Å². The molecule has 0 radical (unpaired) electrons. The van der Waals surface area contributed by atoms with Crippen molar-refractivity contribution in [3.8, 4) is 28.4 Å². The summed E-state index contributed by atoms with van der Waals surface area (Å²) in [5, 5.41) is 1.98. The van der Waals surface area contributed by atoms with Crippen molar-refractivity contribution in [3.05, 3.63) is 48.5 Å². The second-order valence-corrected chi connectivity index (χ2v) is 7.44. The molecule has 0 unspecified atom stereocenters. The molecular weight excluding hydrogens is 380 g/mol. The Balaban J connectivity index is 1.99. The third-order valence-corrected chi connectivity index (χ3v) is 4.67. The maximum absolute atomic E-state index is 12.2. The van der Waals surface area contributed by atoms with Crippen molar-refractivity contribution in [2.75, 3.05) is 13.2 Å². The topological polar surface area (TPSA) is 78.9 Å². The van der Waals surface area contributed by atoms with Crippen LogP contribution in [-0.2, 0) is 14.6 Å². The first-order valence-corrected chi connectivity index (χ1v) is 10.4. The Hall–Kier alpha value is -2.98. The van der Waals surface area contributed by atoms with E-state index in [-0.39, 0.29) is 10.6 Å². The quantitative estimate of drug-likeness (QED) is 0.291. The third-order valence-electron chi connectivity index (χ3n) is 3.40. The number of rotatable bonds is 8. The van der Waals surface area contributed by atoms with Crippen LogP contribution in [-0.4, -0.2) is 27.6 Å². The zero-order chi connectivity index (χ0) is 20.4. The van der Waals surface area contributed by atoms with Crippen LogP contribution in [0, 0.1) is 11.2 Å². The van der Waals surface area contributed by atoms with Gasteiger partial charge in [0.25, 0.3) is 0 Å². The lowest BCUT2D eigenvalue weighted by atomic mass is 10.3. The van der Waals surface area contributed by atoms with Gasteiger partial charge in [-0.3, -0.25) is 0 Å². The molecule has 0 bridgehead atoms. The number of carbonyl (C=O) groups is 1. The normalized spacial score (nSPS) is 10.5. The number of benzene rings is 2. The summed E-state index contributed by atoms with van der Waals surface area (Å²) in [6, 6.07) is 12.3. The van der Waals surface area contributed by atoms with Crippen LogP contribution in [0.2, 0.25) is 0 Å². The molecule has 7 heteroatoms. The van der Waals surface area contributed by atoms with E-state index in [1.165, 1.54) is 12.1 Å². The predicted octanol–water partition coefficient (Wildman–Crippen LogP) is 3.60. The van der Waals surface area contributed by atoms with Crippen LogP contribution in [0.4, 0.5) is 0 Å². The van der Waals surface area contributed by atoms with E-state index in [2.05, 4.69) is 0 Å². The van der Waals surface area contributed by atoms with Gasteiger partial charge in [-0.15, -0.1) is 0 Å². The lowest BCUT2D eigenvalue weighted by Crippen LogP contribution is -2.06. The maximum Gasteiger partial charge on any atom is 0.390 e. The van der Waals surface area contributed by atoms with Gasteiger partial charge in [0, 0.05) is 11.2 Å². The molecule has 0 aromatic heterocycles. The van der Waals surface area contributed by atoms with Gasteiger partial charge in [-0.2, -0.15) is 0 Å². The molecule has 0 N–H and O–H groups in total. The molecule has 2 rings (SSSR count). The van der Waals surface area contributed by atoms with Gasteiger partial charge in [0.2, 0.25) is 9.84 Å². The minimum absolute atomic E-state index is 0.0194. The van der Waals surface area contributed by atoms with Crippen molar-refractivity contribution >= 4 is 15.8 Å². The molecular formula is C21H22O6S. The molecule has 0 aliphatic rings. The summed E-state index contributed by atoms with van der Waals surface area (Å²) >= 11 is 0. The number of hydrogen-bond donors (Lipinski definition) is 0. The number of sulfone groups is 1. The molecule has 2 aromatic carbocycles. The number of hydrogen-bond acceptors (Lipinski definition) is 6. The molecule has 0 atom stereocenters. The highest BCUT2D eigenvalue weighted by Gasteiger charge is 2.12. The molecule has 0 spiro atoms. The van der Waals surface area contributed by atoms with Gasteiger partial charge in [0.15, 0.2) is 0 Å². The Labute approximate surface area is 165 Å². The first-order chi connectivity index (χ1) is 13.4. The fourth-order valence-corrected chi connectivity index (χ4v) is 2.89. The summed E-state index contributed by atoms with van der Waals surface area (Å²) < 4.78 is 40.3. The van der Waals surface area contributed by atoms with Gasteiger partial charge in [0.1, 0.15) is 17.2 Å². The monoisotopic (exact) mass is 402 g/mol. The second-order valence-electron chi connectivity index (χ2n) is 5.76. The van der Waals surface area contributed by atoms with Crippen LogP contribution >= 0.6 is 0 Å².